The summed E-state index contributed by atoms with van der Waals surface area (Å²) in [5.74, 6) is 0. The molecular weight excluding hydrogens is 414 g/mol. The second kappa shape index (κ2) is 11.5. The Morgan fingerprint density at radius 1 is 0.559 bits per heavy atom. The van der Waals surface area contributed by atoms with E-state index in [1.54, 1.807) is 0 Å². The van der Waals surface area contributed by atoms with Crippen LogP contribution in [0.25, 0.3) is 21.8 Å². The summed E-state index contributed by atoms with van der Waals surface area (Å²) in [5, 5.41) is 2.55. The van der Waals surface area contributed by atoms with Gasteiger partial charge in [-0.05, 0) is 37.5 Å². The van der Waals surface area contributed by atoms with E-state index in [0.29, 0.717) is 0 Å². The quantitative estimate of drug-likeness (QED) is 0.194. The number of aromatic nitrogens is 2. The molecule has 2 N–H and O–H groups in total. The Labute approximate surface area is 205 Å². The van der Waals surface area contributed by atoms with Crippen molar-refractivity contribution in [2.75, 3.05) is 5.73 Å². The molecule has 0 spiro atoms. The molecule has 2 aromatic carbocycles. The highest BCUT2D eigenvalue weighted by molar-refractivity contribution is 5.87. The van der Waals surface area contributed by atoms with Crippen LogP contribution in [0.1, 0.15) is 68.3 Å². The first kappa shape index (κ1) is 24.2. The Morgan fingerprint density at radius 2 is 1.00 bits per heavy atom. The molecular formula is C31H41N3+2. The van der Waals surface area contributed by atoms with Crippen LogP contribution < -0.4 is 14.9 Å². The van der Waals surface area contributed by atoms with Crippen molar-refractivity contribution in [2.45, 2.75) is 85.2 Å². The molecule has 2 heterocycles. The summed E-state index contributed by atoms with van der Waals surface area (Å²) < 4.78 is 4.93. The van der Waals surface area contributed by atoms with Crippen molar-refractivity contribution >= 4 is 27.5 Å². The highest BCUT2D eigenvalue weighted by Gasteiger charge is 2.15. The van der Waals surface area contributed by atoms with Gasteiger partial charge in [-0.2, -0.15) is 9.13 Å². The summed E-state index contributed by atoms with van der Waals surface area (Å²) in [4.78, 5) is 0. The first-order chi connectivity index (χ1) is 16.6. The van der Waals surface area contributed by atoms with Crippen molar-refractivity contribution in [3.05, 3.63) is 77.6 Å². The Kier molecular flexibility index (Phi) is 8.16. The molecule has 0 atom stereocenters. The molecule has 0 bridgehead atoms. The van der Waals surface area contributed by atoms with Crippen molar-refractivity contribution in [1.29, 1.82) is 0 Å². The van der Waals surface area contributed by atoms with E-state index in [-0.39, 0.29) is 0 Å². The zero-order chi connectivity index (χ0) is 23.9. The molecule has 3 heteroatoms. The van der Waals surface area contributed by atoms with Crippen molar-refractivity contribution in [3.8, 4) is 0 Å². The summed E-state index contributed by atoms with van der Waals surface area (Å²) in [6, 6.07) is 21.8. The third kappa shape index (κ3) is 5.58. The van der Waals surface area contributed by atoms with Crippen molar-refractivity contribution in [1.82, 2.24) is 0 Å². The van der Waals surface area contributed by atoms with Gasteiger partial charge in [-0.1, -0.05) is 49.9 Å². The molecule has 0 saturated carbocycles. The Morgan fingerprint density at radius 3 is 1.59 bits per heavy atom. The minimum absolute atomic E-state index is 0.883. The van der Waals surface area contributed by atoms with Crippen molar-refractivity contribution in [3.63, 3.8) is 0 Å². The first-order valence-electron chi connectivity index (χ1n) is 13.1. The number of anilines is 1. The number of nitrogens with two attached hydrogens (primary N) is 1. The highest BCUT2D eigenvalue weighted by Crippen LogP contribution is 2.19. The molecule has 0 aliphatic heterocycles. The van der Waals surface area contributed by atoms with Gasteiger partial charge in [0.15, 0.2) is 11.4 Å². The zero-order valence-corrected chi connectivity index (χ0v) is 21.3. The summed E-state index contributed by atoms with van der Waals surface area (Å²) in [7, 11) is 0. The van der Waals surface area contributed by atoms with E-state index in [9.17, 15) is 0 Å². The lowest BCUT2D eigenvalue weighted by Gasteiger charge is -2.08. The molecule has 0 saturated heterocycles. The maximum Gasteiger partial charge on any atom is 0.214 e. The third-order valence-corrected chi connectivity index (χ3v) is 7.28. The van der Waals surface area contributed by atoms with Crippen LogP contribution in [0.4, 0.5) is 5.69 Å². The Bertz CT molecular complexity index is 1160. The minimum atomic E-state index is 0.883. The molecule has 2 aromatic heterocycles. The molecule has 4 aromatic rings. The monoisotopic (exact) mass is 455 g/mol. The van der Waals surface area contributed by atoms with E-state index in [1.807, 2.05) is 0 Å². The van der Waals surface area contributed by atoms with E-state index in [1.165, 1.54) is 90.1 Å². The van der Waals surface area contributed by atoms with Gasteiger partial charge in [0.25, 0.3) is 0 Å². The van der Waals surface area contributed by atoms with Crippen LogP contribution in [0.5, 0.6) is 0 Å². The topological polar surface area (TPSA) is 33.8 Å². The van der Waals surface area contributed by atoms with Crippen LogP contribution >= 0.6 is 0 Å². The molecule has 34 heavy (non-hydrogen) atoms. The molecule has 0 unspecified atom stereocenters. The van der Waals surface area contributed by atoms with Gasteiger partial charge < -0.3 is 5.73 Å². The van der Waals surface area contributed by atoms with Crippen molar-refractivity contribution < 1.29 is 9.13 Å². The number of rotatable bonds is 11. The van der Waals surface area contributed by atoms with Crippen molar-refractivity contribution in [2.24, 2.45) is 0 Å². The number of unbranched alkanes of at least 4 members (excludes halogenated alkanes) is 7. The minimum Gasteiger partial charge on any atom is -0.398 e. The number of nitrogen functional groups attached to an aromatic ring is 1. The predicted octanol–water partition coefficient (Wildman–Crippen LogP) is 6.90. The molecule has 0 fully saturated rings. The summed E-state index contributed by atoms with van der Waals surface area (Å²) in [6.07, 6.45) is 10.5. The molecule has 0 aliphatic carbocycles. The van der Waals surface area contributed by atoms with Crippen LogP contribution in [-0.2, 0) is 13.1 Å². The molecule has 0 amide bonds. The van der Waals surface area contributed by atoms with E-state index < -0.39 is 0 Å². The van der Waals surface area contributed by atoms with Gasteiger partial charge in [-0.3, -0.25) is 0 Å². The van der Waals surface area contributed by atoms with Gasteiger partial charge in [0.05, 0.1) is 11.1 Å². The van der Waals surface area contributed by atoms with Gasteiger partial charge in [0.1, 0.15) is 13.1 Å². The fourth-order valence-corrected chi connectivity index (χ4v) is 5.42. The SMILES string of the molecule is Cc1cc(C)[n+](CCCCCCCCCC[n+]2c(C)cc(N)c3ccccc32)c2ccccc12. The summed E-state index contributed by atoms with van der Waals surface area (Å²) in [6.45, 7) is 8.83. The van der Waals surface area contributed by atoms with Crippen LogP contribution in [0.15, 0.2) is 60.7 Å². The lowest BCUT2D eigenvalue weighted by Crippen LogP contribution is -2.38. The van der Waals surface area contributed by atoms with Crippen LogP contribution in [0.3, 0.4) is 0 Å². The number of nitrogens with zero attached hydrogens (tertiary/aromatic N) is 2. The first-order valence-corrected chi connectivity index (χ1v) is 13.1. The molecule has 0 radical (unpaired) electrons. The molecule has 0 aliphatic rings. The summed E-state index contributed by atoms with van der Waals surface area (Å²) >= 11 is 0. The number of hydrogen-bond donors (Lipinski definition) is 1. The van der Waals surface area contributed by atoms with Crippen LogP contribution in [-0.4, -0.2) is 0 Å². The fraction of sp³-hybridized carbons (Fsp3) is 0.419. The lowest BCUT2D eigenvalue weighted by atomic mass is 10.1. The largest absolute Gasteiger partial charge is 0.398 e. The van der Waals surface area contributed by atoms with Gasteiger partial charge in [-0.25, -0.2) is 0 Å². The number of pyridine rings is 2. The fourth-order valence-electron chi connectivity index (χ4n) is 5.42. The maximum absolute atomic E-state index is 6.23. The normalized spacial score (nSPS) is 11.5. The third-order valence-electron chi connectivity index (χ3n) is 7.28. The number of aryl methyl sites for hydroxylation is 5. The number of para-hydroxylation sites is 2. The molecule has 178 valence electrons. The lowest BCUT2D eigenvalue weighted by molar-refractivity contribution is -0.678. The molecule has 4 rings (SSSR count). The van der Waals surface area contributed by atoms with E-state index in [0.717, 1.165) is 18.8 Å². The Balaban J connectivity index is 1.15. The second-order valence-corrected chi connectivity index (χ2v) is 9.88. The standard InChI is InChI=1S/C31H40N3/c1-24-22-25(2)33(30-18-12-10-16-27(24)30)20-14-8-6-4-5-7-9-15-21-34-26(3)23-29(32)28-17-11-13-19-31(28)34/h10-13,16-19,22-23,32H,4-9,14-15,20-21H2,1-3H3/q+1/p+1. The van der Waals surface area contributed by atoms with Gasteiger partial charge in [0, 0.05) is 56.3 Å². The second-order valence-electron chi connectivity index (χ2n) is 9.88. The number of hydrogen-bond acceptors (Lipinski definition) is 1. The smallest absolute Gasteiger partial charge is 0.214 e. The average molecular weight is 456 g/mol. The van der Waals surface area contributed by atoms with Gasteiger partial charge >= 0.3 is 0 Å². The summed E-state index contributed by atoms with van der Waals surface area (Å²) in [5.41, 5.74) is 13.8. The maximum atomic E-state index is 6.23. The highest BCUT2D eigenvalue weighted by atomic mass is 15.0. The Hall–Kier alpha value is -2.94. The number of fused-ring (bicyclic) bond motifs is 2. The average Bonchev–Trinajstić information content (AvgIpc) is 2.83. The number of benzene rings is 2. The van der Waals surface area contributed by atoms with E-state index in [2.05, 4.69) is 90.6 Å². The van der Waals surface area contributed by atoms with Crippen LogP contribution in [0, 0.1) is 20.8 Å². The van der Waals surface area contributed by atoms with Gasteiger partial charge in [-0.15, -0.1) is 0 Å². The zero-order valence-electron chi connectivity index (χ0n) is 21.3. The van der Waals surface area contributed by atoms with Crippen LogP contribution in [0.2, 0.25) is 0 Å². The van der Waals surface area contributed by atoms with E-state index >= 15 is 0 Å². The van der Waals surface area contributed by atoms with E-state index in [4.69, 9.17) is 5.73 Å². The molecule has 3 nitrogen and oxygen atoms in total. The van der Waals surface area contributed by atoms with Gasteiger partial charge in [0.2, 0.25) is 11.0 Å². The predicted molar refractivity (Wildman–Crippen MR) is 144 cm³/mol.